The highest BCUT2D eigenvalue weighted by atomic mass is 35.5. The van der Waals surface area contributed by atoms with Crippen molar-refractivity contribution in [3.8, 4) is 0 Å². The molecule has 22 heavy (non-hydrogen) atoms. The highest BCUT2D eigenvalue weighted by Gasteiger charge is 2.16. The summed E-state index contributed by atoms with van der Waals surface area (Å²) in [5.74, 6) is -0.184. The van der Waals surface area contributed by atoms with E-state index < -0.39 is 6.10 Å². The maximum Gasteiger partial charge on any atom is 0.264 e. The molecule has 5 nitrogen and oxygen atoms in total. The first-order valence-electron chi connectivity index (χ1n) is 7.14. The number of aryl methyl sites for hydroxylation is 1. The van der Waals surface area contributed by atoms with Crippen LogP contribution in [0, 0.1) is 0 Å². The van der Waals surface area contributed by atoms with Crippen molar-refractivity contribution in [2.45, 2.75) is 32.3 Å². The molecule has 0 fully saturated rings. The molecule has 118 valence electrons. The predicted molar refractivity (Wildman–Crippen MR) is 87.3 cm³/mol. The molecule has 0 spiro atoms. The van der Waals surface area contributed by atoms with Gasteiger partial charge in [0.1, 0.15) is 4.88 Å². The molecular formula is C15H18ClN3O2S. The Morgan fingerprint density at radius 3 is 3.05 bits per heavy atom. The van der Waals surface area contributed by atoms with Crippen molar-refractivity contribution in [1.82, 2.24) is 14.9 Å². The fourth-order valence-electron chi connectivity index (χ4n) is 2.06. The van der Waals surface area contributed by atoms with E-state index in [1.54, 1.807) is 18.2 Å². The first kappa shape index (κ1) is 16.9. The Morgan fingerprint density at radius 1 is 1.50 bits per heavy atom. The summed E-state index contributed by atoms with van der Waals surface area (Å²) in [6.45, 7) is 2.40. The lowest BCUT2D eigenvalue weighted by Gasteiger charge is -2.11. The van der Waals surface area contributed by atoms with Gasteiger partial charge in [0.25, 0.3) is 5.91 Å². The number of nitrogens with one attached hydrogen (secondary N) is 1. The van der Waals surface area contributed by atoms with Crippen molar-refractivity contribution in [2.24, 2.45) is 0 Å². The van der Waals surface area contributed by atoms with Crippen LogP contribution in [0.5, 0.6) is 0 Å². The fraction of sp³-hybridized carbons (Fsp3) is 0.400. The molecule has 0 saturated carbocycles. The molecule has 2 aromatic rings. The third-order valence-corrected chi connectivity index (χ3v) is 4.19. The van der Waals surface area contributed by atoms with Gasteiger partial charge in [-0.25, -0.2) is 0 Å². The van der Waals surface area contributed by atoms with Gasteiger partial charge in [-0.2, -0.15) is 0 Å². The normalized spacial score (nSPS) is 12.1. The Kier molecular flexibility index (Phi) is 6.30. The highest BCUT2D eigenvalue weighted by molar-refractivity contribution is 7.08. The van der Waals surface area contributed by atoms with Gasteiger partial charge in [0.2, 0.25) is 0 Å². The molecule has 0 saturated heterocycles. The summed E-state index contributed by atoms with van der Waals surface area (Å²) in [4.78, 5) is 12.6. The quantitative estimate of drug-likeness (QED) is 0.813. The second-order valence-electron chi connectivity index (χ2n) is 4.91. The third-order valence-electron chi connectivity index (χ3n) is 3.19. The van der Waals surface area contributed by atoms with Gasteiger partial charge in [0.05, 0.1) is 11.8 Å². The summed E-state index contributed by atoms with van der Waals surface area (Å²) in [6, 6.07) is 7.08. The molecule has 1 aromatic heterocycles. The van der Waals surface area contributed by atoms with Gasteiger partial charge in [-0.05, 0) is 42.1 Å². The molecule has 1 aromatic carbocycles. The van der Waals surface area contributed by atoms with Crippen LogP contribution in [0.2, 0.25) is 5.02 Å². The molecule has 1 heterocycles. The van der Waals surface area contributed by atoms with Crippen molar-refractivity contribution >= 4 is 29.0 Å². The SMILES string of the molecule is CCCc1nnsc1C(=O)NCC[C@@H](O)c1cccc(Cl)c1. The molecular weight excluding hydrogens is 322 g/mol. The zero-order chi connectivity index (χ0) is 15.9. The lowest BCUT2D eigenvalue weighted by atomic mass is 10.1. The number of hydrogen-bond acceptors (Lipinski definition) is 5. The lowest BCUT2D eigenvalue weighted by molar-refractivity contribution is 0.0945. The molecule has 0 aliphatic carbocycles. The van der Waals surface area contributed by atoms with Crippen molar-refractivity contribution in [1.29, 1.82) is 0 Å². The molecule has 1 amide bonds. The third kappa shape index (κ3) is 4.50. The predicted octanol–water partition coefficient (Wildman–Crippen LogP) is 3.00. The van der Waals surface area contributed by atoms with Crippen LogP contribution in [0.15, 0.2) is 24.3 Å². The van der Waals surface area contributed by atoms with E-state index in [-0.39, 0.29) is 5.91 Å². The number of carbonyl (C=O) groups is 1. The van der Waals surface area contributed by atoms with Crippen LogP contribution in [0.25, 0.3) is 0 Å². The largest absolute Gasteiger partial charge is 0.388 e. The number of aliphatic hydroxyl groups is 1. The van der Waals surface area contributed by atoms with E-state index in [0.29, 0.717) is 22.9 Å². The number of aliphatic hydroxyl groups excluding tert-OH is 1. The van der Waals surface area contributed by atoms with Crippen LogP contribution >= 0.6 is 23.1 Å². The molecule has 2 N–H and O–H groups in total. The van der Waals surface area contributed by atoms with Gasteiger partial charge in [-0.15, -0.1) is 5.10 Å². The molecule has 1 atom stereocenters. The van der Waals surface area contributed by atoms with E-state index in [4.69, 9.17) is 11.6 Å². The Hall–Kier alpha value is -1.50. The summed E-state index contributed by atoms with van der Waals surface area (Å²) >= 11 is 7.00. The van der Waals surface area contributed by atoms with E-state index in [1.165, 1.54) is 0 Å². The van der Waals surface area contributed by atoms with Gasteiger partial charge in [0, 0.05) is 11.6 Å². The van der Waals surface area contributed by atoms with Crippen LogP contribution in [0.1, 0.15) is 46.8 Å². The van der Waals surface area contributed by atoms with Crippen LogP contribution in [0.3, 0.4) is 0 Å². The second-order valence-corrected chi connectivity index (χ2v) is 6.10. The minimum Gasteiger partial charge on any atom is -0.388 e. The molecule has 0 aliphatic rings. The maximum absolute atomic E-state index is 12.1. The summed E-state index contributed by atoms with van der Waals surface area (Å²) in [5.41, 5.74) is 1.48. The van der Waals surface area contributed by atoms with Gasteiger partial charge in [-0.1, -0.05) is 41.6 Å². The van der Waals surface area contributed by atoms with Crippen molar-refractivity contribution < 1.29 is 9.90 Å². The number of rotatable bonds is 7. The van der Waals surface area contributed by atoms with Crippen LogP contribution in [-0.4, -0.2) is 27.1 Å². The molecule has 0 bridgehead atoms. The van der Waals surface area contributed by atoms with E-state index in [0.717, 1.165) is 35.6 Å². The van der Waals surface area contributed by atoms with Gasteiger partial charge >= 0.3 is 0 Å². The molecule has 2 rings (SSSR count). The minimum absolute atomic E-state index is 0.184. The number of amides is 1. The number of nitrogens with zero attached hydrogens (tertiary/aromatic N) is 2. The van der Waals surface area contributed by atoms with Gasteiger partial charge < -0.3 is 10.4 Å². The highest BCUT2D eigenvalue weighted by Crippen LogP contribution is 2.20. The lowest BCUT2D eigenvalue weighted by Crippen LogP contribution is -2.25. The standard InChI is InChI=1S/C15H18ClN3O2S/c1-2-4-12-14(22-19-18-12)15(21)17-8-7-13(20)10-5-3-6-11(16)9-10/h3,5-6,9,13,20H,2,4,7-8H2,1H3,(H,17,21)/t13-/m1/s1. The van der Waals surface area contributed by atoms with E-state index in [1.807, 2.05) is 13.0 Å². The smallest absolute Gasteiger partial charge is 0.264 e. The minimum atomic E-state index is -0.659. The fourth-order valence-corrected chi connectivity index (χ4v) is 2.89. The number of benzene rings is 1. The van der Waals surface area contributed by atoms with Crippen LogP contribution < -0.4 is 5.32 Å². The summed E-state index contributed by atoms with van der Waals surface area (Å²) in [5, 5.41) is 17.4. The average molecular weight is 340 g/mol. The molecule has 0 radical (unpaired) electrons. The number of carbonyl (C=O) groups excluding carboxylic acids is 1. The zero-order valence-electron chi connectivity index (χ0n) is 12.3. The van der Waals surface area contributed by atoms with Crippen LogP contribution in [0.4, 0.5) is 0 Å². The molecule has 0 aliphatic heterocycles. The zero-order valence-corrected chi connectivity index (χ0v) is 13.8. The number of halogens is 1. The molecule has 0 unspecified atom stereocenters. The number of aromatic nitrogens is 2. The monoisotopic (exact) mass is 339 g/mol. The Morgan fingerprint density at radius 2 is 2.32 bits per heavy atom. The van der Waals surface area contributed by atoms with Crippen molar-refractivity contribution in [2.75, 3.05) is 6.54 Å². The summed E-state index contributed by atoms with van der Waals surface area (Å²) in [6.07, 6.45) is 1.42. The summed E-state index contributed by atoms with van der Waals surface area (Å²) in [7, 11) is 0. The molecule has 7 heteroatoms. The van der Waals surface area contributed by atoms with Gasteiger partial charge in [-0.3, -0.25) is 4.79 Å². The Labute approximate surface area is 138 Å². The first-order valence-corrected chi connectivity index (χ1v) is 8.30. The van der Waals surface area contributed by atoms with E-state index in [9.17, 15) is 9.90 Å². The maximum atomic E-state index is 12.1. The van der Waals surface area contributed by atoms with Crippen molar-refractivity contribution in [3.63, 3.8) is 0 Å². The summed E-state index contributed by atoms with van der Waals surface area (Å²) < 4.78 is 3.83. The van der Waals surface area contributed by atoms with Crippen LogP contribution in [-0.2, 0) is 6.42 Å². The topological polar surface area (TPSA) is 75.1 Å². The second kappa shape index (κ2) is 8.22. The van der Waals surface area contributed by atoms with Crippen molar-refractivity contribution in [3.05, 3.63) is 45.4 Å². The van der Waals surface area contributed by atoms with E-state index >= 15 is 0 Å². The number of hydrogen-bond donors (Lipinski definition) is 2. The Bertz CT molecular complexity index is 633. The average Bonchev–Trinajstić information content (AvgIpc) is 2.96. The Balaban J connectivity index is 1.85. The van der Waals surface area contributed by atoms with Gasteiger partial charge in [0.15, 0.2) is 0 Å². The first-order chi connectivity index (χ1) is 10.6. The van der Waals surface area contributed by atoms with E-state index in [2.05, 4.69) is 14.9 Å².